The number of aromatic amines is 1. The van der Waals surface area contributed by atoms with Gasteiger partial charge in [-0.25, -0.2) is 23.6 Å². The van der Waals surface area contributed by atoms with Gasteiger partial charge in [0.2, 0.25) is 0 Å². The van der Waals surface area contributed by atoms with Gasteiger partial charge in [-0.1, -0.05) is 121 Å². The van der Waals surface area contributed by atoms with E-state index in [2.05, 4.69) is 77.8 Å². The van der Waals surface area contributed by atoms with Crippen molar-refractivity contribution in [3.63, 3.8) is 0 Å². The summed E-state index contributed by atoms with van der Waals surface area (Å²) >= 11 is 1.53. The van der Waals surface area contributed by atoms with Crippen LogP contribution < -0.4 is 45.4 Å². The molecular formula is C29H24ClN2O5PS-. The number of hydrogen-bond donors (Lipinski definition) is 1. The molecule has 39 heavy (non-hydrogen) atoms. The van der Waals surface area contributed by atoms with Crippen LogP contribution in [0.1, 0.15) is 0 Å². The average molecular weight is 579 g/mol. The largest absolute Gasteiger partial charge is 0.306 e. The lowest BCUT2D eigenvalue weighted by atomic mass is 10.2. The zero-order chi connectivity index (χ0) is 27.9. The molecule has 0 aliphatic heterocycles. The molecule has 1 heterocycles. The van der Waals surface area contributed by atoms with E-state index in [0.29, 0.717) is 5.82 Å². The second-order valence-corrected chi connectivity index (χ2v) is 13.1. The van der Waals surface area contributed by atoms with E-state index in [0.717, 1.165) is 31.8 Å². The highest BCUT2D eigenvalue weighted by molar-refractivity contribution is 8.04. The quantitative estimate of drug-likeness (QED) is 0.170. The van der Waals surface area contributed by atoms with Gasteiger partial charge in [-0.2, -0.15) is 0 Å². The normalized spacial score (nSPS) is 11.4. The molecule has 0 aliphatic carbocycles. The van der Waals surface area contributed by atoms with Crippen molar-refractivity contribution in [3.8, 4) is 11.4 Å². The fraction of sp³-hybridized carbons (Fsp3) is 0.0345. The summed E-state index contributed by atoms with van der Waals surface area (Å²) in [5.74, 6) is 0.589. The van der Waals surface area contributed by atoms with Crippen LogP contribution in [0.5, 0.6) is 0 Å². The Labute approximate surface area is 232 Å². The van der Waals surface area contributed by atoms with Crippen molar-refractivity contribution in [2.45, 2.75) is 5.03 Å². The molecule has 199 valence electrons. The van der Waals surface area contributed by atoms with Gasteiger partial charge < -0.3 is 4.98 Å². The Morgan fingerprint density at radius 3 is 1.38 bits per heavy atom. The van der Waals surface area contributed by atoms with E-state index in [1.807, 2.05) is 54.8 Å². The van der Waals surface area contributed by atoms with Gasteiger partial charge in [0.25, 0.3) is 5.56 Å². The minimum absolute atomic E-state index is 0.0944. The second kappa shape index (κ2) is 12.7. The first-order valence-electron chi connectivity index (χ1n) is 11.7. The lowest BCUT2D eigenvalue weighted by Gasteiger charge is -2.38. The molecule has 0 saturated heterocycles. The summed E-state index contributed by atoms with van der Waals surface area (Å²) in [5.41, 5.74) is 0.799. The molecule has 1 radical (unpaired) electrons. The van der Waals surface area contributed by atoms with Gasteiger partial charge in [0, 0.05) is 5.56 Å². The maximum Gasteiger partial charge on any atom is 0.260 e. The van der Waals surface area contributed by atoms with E-state index in [-0.39, 0.29) is 5.56 Å². The third-order valence-corrected chi connectivity index (χ3v) is 11.0. The lowest BCUT2D eigenvalue weighted by molar-refractivity contribution is -2.00. The number of thioether (sulfide) groups is 1. The number of halogens is 1. The highest BCUT2D eigenvalue weighted by Crippen LogP contribution is 2.54. The van der Waals surface area contributed by atoms with E-state index in [1.165, 1.54) is 11.8 Å². The molecule has 0 bridgehead atoms. The number of hydrogen-bond acceptors (Lipinski definition) is 7. The van der Waals surface area contributed by atoms with Crippen LogP contribution in [0.3, 0.4) is 0 Å². The molecule has 0 atom stereocenters. The van der Waals surface area contributed by atoms with Gasteiger partial charge in [0.1, 0.15) is 10.9 Å². The van der Waals surface area contributed by atoms with Crippen LogP contribution in [0.15, 0.2) is 131 Å². The molecule has 5 aromatic rings. The highest BCUT2D eigenvalue weighted by Gasteiger charge is 2.40. The fourth-order valence-electron chi connectivity index (χ4n) is 4.41. The highest BCUT2D eigenvalue weighted by atomic mass is 35.7. The monoisotopic (exact) mass is 578 g/mol. The van der Waals surface area contributed by atoms with Gasteiger partial charge >= 0.3 is 0 Å². The topological polar surface area (TPSA) is 138 Å². The second-order valence-electron chi connectivity index (χ2n) is 8.19. The molecule has 0 fully saturated rings. The molecular weight excluding hydrogens is 555 g/mol. The van der Waals surface area contributed by atoms with E-state index in [4.69, 9.17) is 23.6 Å². The summed E-state index contributed by atoms with van der Waals surface area (Å²) in [5, 5.41) is 4.88. The average Bonchev–Trinajstić information content (AvgIpc) is 2.95. The smallest absolute Gasteiger partial charge is 0.260 e. The van der Waals surface area contributed by atoms with Crippen LogP contribution in [0.25, 0.3) is 11.4 Å². The van der Waals surface area contributed by atoms with Crippen molar-refractivity contribution in [2.75, 3.05) is 6.26 Å². The molecule has 1 aromatic heterocycles. The molecule has 4 aromatic carbocycles. The molecule has 1 N–H and O–H groups in total. The Morgan fingerprint density at radius 2 is 1.03 bits per heavy atom. The van der Waals surface area contributed by atoms with Gasteiger partial charge in [-0.15, -0.1) is 22.0 Å². The Hall–Kier alpha value is -3.33. The third kappa shape index (κ3) is 6.64. The number of aromatic nitrogens is 2. The molecule has 0 unspecified atom stereocenters. The molecule has 0 aliphatic rings. The summed E-state index contributed by atoms with van der Waals surface area (Å²) in [6.07, 6.45) is 2.00. The van der Waals surface area contributed by atoms with Crippen LogP contribution >= 0.6 is 19.0 Å². The van der Waals surface area contributed by atoms with Crippen LogP contribution in [0.4, 0.5) is 0 Å². The predicted molar refractivity (Wildman–Crippen MR) is 147 cm³/mol. The van der Waals surface area contributed by atoms with Crippen LogP contribution in [-0.2, 0) is 0 Å². The molecule has 5 rings (SSSR count). The molecule has 0 spiro atoms. The van der Waals surface area contributed by atoms with E-state index < -0.39 is 17.5 Å². The zero-order valence-corrected chi connectivity index (χ0v) is 23.2. The van der Waals surface area contributed by atoms with Crippen molar-refractivity contribution in [2.24, 2.45) is 0 Å². The van der Waals surface area contributed by atoms with E-state index >= 15 is 0 Å². The Bertz CT molecular complexity index is 1450. The summed E-state index contributed by atoms with van der Waals surface area (Å²) < 4.78 is 34.0. The first-order valence-corrected chi connectivity index (χ1v) is 15.9. The zero-order valence-electron chi connectivity index (χ0n) is 20.8. The van der Waals surface area contributed by atoms with Gasteiger partial charge in [0.05, 0.1) is 5.30 Å². The minimum Gasteiger partial charge on any atom is -0.306 e. The standard InChI is InChI=1S/C29H24N2OPS.ClHO4/c1-34-29-26(28(32)30-27(31-29)22-14-6-2-7-15-22)33(23-16-8-3-9-17-23,24-18-10-4-11-19-24)25-20-12-5-13-21-25;2-1(3,4)5/h2-21H,1H3,(H,30,31,32);(H,2,3,4,5)/p-1. The number of benzene rings is 4. The Morgan fingerprint density at radius 1 is 0.667 bits per heavy atom. The van der Waals surface area contributed by atoms with Gasteiger partial charge in [-0.05, 0) is 29.4 Å². The fourth-order valence-corrected chi connectivity index (χ4v) is 9.78. The Kier molecular flexibility index (Phi) is 9.32. The summed E-state index contributed by atoms with van der Waals surface area (Å²) in [4.78, 5) is 22.2. The van der Waals surface area contributed by atoms with Crippen LogP contribution in [-0.4, -0.2) is 16.2 Å². The van der Waals surface area contributed by atoms with E-state index in [1.54, 1.807) is 0 Å². The van der Waals surface area contributed by atoms with Crippen LogP contribution in [0, 0.1) is 10.2 Å². The molecule has 10 heteroatoms. The first kappa shape index (κ1) is 28.7. The molecule has 7 nitrogen and oxygen atoms in total. The van der Waals surface area contributed by atoms with Crippen molar-refractivity contribution in [1.29, 1.82) is 0 Å². The number of nitrogens with zero attached hydrogens (tertiary/aromatic N) is 1. The summed E-state index contributed by atoms with van der Waals surface area (Å²) in [6.45, 7) is 0. The SMILES string of the molecule is CSc1nc(-c2ccccc2)[nH]c(=O)c1[P](c1ccccc1)(c1ccccc1)c1ccccc1.[O-][Cl+3]([O-])([O-])[O-]. The summed E-state index contributed by atoms with van der Waals surface area (Å²) in [7, 11) is -7.48. The van der Waals surface area contributed by atoms with Crippen molar-refractivity contribution in [3.05, 3.63) is 132 Å². The van der Waals surface area contributed by atoms with Gasteiger partial charge in [-0.3, -0.25) is 4.79 Å². The molecule has 0 saturated carbocycles. The number of nitrogens with one attached hydrogen (secondary N) is 1. The van der Waals surface area contributed by atoms with Crippen molar-refractivity contribution in [1.82, 2.24) is 9.97 Å². The number of rotatable bonds is 6. The predicted octanol–water partition coefficient (Wildman–Crippen LogP) is 0.0222. The minimum atomic E-state index is -4.94. The van der Waals surface area contributed by atoms with Crippen LogP contribution in [0.2, 0.25) is 0 Å². The van der Waals surface area contributed by atoms with Crippen molar-refractivity contribution >= 4 is 40.2 Å². The van der Waals surface area contributed by atoms with Crippen molar-refractivity contribution < 1.29 is 28.9 Å². The third-order valence-electron chi connectivity index (χ3n) is 5.87. The number of H-pyrrole nitrogens is 1. The maximum atomic E-state index is 14.1. The Balaban J connectivity index is 0.000000648. The summed E-state index contributed by atoms with van der Waals surface area (Å²) in [6, 6.07) is 41.0. The first-order chi connectivity index (χ1) is 18.7. The van der Waals surface area contributed by atoms with Gasteiger partial charge in [0.15, 0.2) is 0 Å². The maximum absolute atomic E-state index is 14.1. The molecule has 0 amide bonds. The lowest BCUT2D eigenvalue weighted by Crippen LogP contribution is -2.68. The van der Waals surface area contributed by atoms with E-state index in [9.17, 15) is 4.79 Å².